The number of ether oxygens (including phenoxy) is 2. The third-order valence-corrected chi connectivity index (χ3v) is 4.25. The summed E-state index contributed by atoms with van der Waals surface area (Å²) in [5.74, 6) is -1.28. The van der Waals surface area contributed by atoms with E-state index in [2.05, 4.69) is 13.2 Å². The Kier molecular flexibility index (Phi) is 11.6. The monoisotopic (exact) mass is 436 g/mol. The quantitative estimate of drug-likeness (QED) is 0.140. The minimum Gasteiger partial charge on any atom is -0.462 e. The molecule has 0 aliphatic rings. The van der Waals surface area contributed by atoms with Gasteiger partial charge in [0.15, 0.2) is 0 Å². The number of carbonyl (C=O) groups excluding carboxylic acids is 2. The number of unbranched alkanes of at least 4 members (excludes halogenated alkanes) is 1. The molecule has 0 radical (unpaired) electrons. The van der Waals surface area contributed by atoms with Crippen LogP contribution in [0.5, 0.6) is 0 Å². The molecular weight excluding hydrogens is 401 g/mol. The maximum Gasteiger partial charge on any atom is 0.470 e. The molecule has 0 aromatic rings. The normalized spacial score (nSPS) is 14.0. The van der Waals surface area contributed by atoms with Crippen LogP contribution in [0.25, 0.3) is 0 Å². The smallest absolute Gasteiger partial charge is 0.462 e. The van der Waals surface area contributed by atoms with Crippen molar-refractivity contribution in [2.24, 2.45) is 0 Å². The molecule has 0 aromatic carbocycles. The minimum absolute atomic E-state index is 0.0408. The van der Waals surface area contributed by atoms with Crippen LogP contribution in [0.15, 0.2) is 24.3 Å². The number of quaternary nitrogens is 1. The number of carbonyl (C=O) groups is 2. The van der Waals surface area contributed by atoms with E-state index in [1.165, 1.54) is 6.92 Å². The van der Waals surface area contributed by atoms with Crippen molar-refractivity contribution in [3.8, 4) is 0 Å². The molecule has 0 heterocycles. The van der Waals surface area contributed by atoms with E-state index in [4.69, 9.17) is 14.0 Å². The van der Waals surface area contributed by atoms with Gasteiger partial charge in [-0.25, -0.2) is 14.2 Å². The van der Waals surface area contributed by atoms with E-state index in [0.29, 0.717) is 4.48 Å². The van der Waals surface area contributed by atoms with Gasteiger partial charge in [0.1, 0.15) is 18.8 Å². The van der Waals surface area contributed by atoms with Gasteiger partial charge in [0.2, 0.25) is 0 Å². The number of likely N-dealkylation sites (N-methyl/N-ethyl adjacent to an activating group) is 1. The molecule has 29 heavy (non-hydrogen) atoms. The zero-order chi connectivity index (χ0) is 22.8. The second kappa shape index (κ2) is 12.2. The highest BCUT2D eigenvalue weighted by Gasteiger charge is 2.32. The maximum absolute atomic E-state index is 12.1. The standard InChI is InChI=1S/C19H34NO8P/c1-8-9-10-26-19(22)15(4)11-16(27-18(21)14(2)3)12-17(13-20(5,6)7)28-29(23,24)25/h16-17H,2,4,8-13H2,1,3,5-7H3,(H-,23,24,25)/p+1. The summed E-state index contributed by atoms with van der Waals surface area (Å²) in [4.78, 5) is 42.5. The molecule has 0 spiro atoms. The van der Waals surface area contributed by atoms with E-state index in [9.17, 15) is 23.9 Å². The van der Waals surface area contributed by atoms with Crippen molar-refractivity contribution >= 4 is 19.8 Å². The average molecular weight is 436 g/mol. The molecule has 2 unspecified atom stereocenters. The molecule has 0 saturated heterocycles. The number of phosphoric ester groups is 1. The number of hydrogen-bond donors (Lipinski definition) is 2. The first-order valence-corrected chi connectivity index (χ1v) is 10.9. The van der Waals surface area contributed by atoms with Crippen molar-refractivity contribution in [1.82, 2.24) is 0 Å². The summed E-state index contributed by atoms with van der Waals surface area (Å²) in [5, 5.41) is 0. The van der Waals surface area contributed by atoms with E-state index >= 15 is 0 Å². The van der Waals surface area contributed by atoms with Crippen molar-refractivity contribution in [3.63, 3.8) is 0 Å². The van der Waals surface area contributed by atoms with Gasteiger partial charge in [-0.3, -0.25) is 4.52 Å². The van der Waals surface area contributed by atoms with Crippen LogP contribution < -0.4 is 0 Å². The van der Waals surface area contributed by atoms with Crippen LogP contribution in [0.3, 0.4) is 0 Å². The minimum atomic E-state index is -4.77. The molecule has 0 aliphatic heterocycles. The largest absolute Gasteiger partial charge is 0.470 e. The summed E-state index contributed by atoms with van der Waals surface area (Å²) in [5.41, 5.74) is 0.256. The first-order valence-electron chi connectivity index (χ1n) is 9.40. The van der Waals surface area contributed by atoms with Gasteiger partial charge in [-0.15, -0.1) is 0 Å². The SMILES string of the molecule is C=C(C)C(=O)OC(CC(=C)C(=O)OCCCC)CC(C[N+](C)(C)C)OP(=O)(O)O. The molecule has 2 N–H and O–H groups in total. The molecule has 10 heteroatoms. The van der Waals surface area contributed by atoms with Crippen molar-refractivity contribution in [3.05, 3.63) is 24.3 Å². The van der Waals surface area contributed by atoms with Gasteiger partial charge >= 0.3 is 19.8 Å². The third-order valence-electron chi connectivity index (χ3n) is 3.68. The second-order valence-corrected chi connectivity index (χ2v) is 9.22. The van der Waals surface area contributed by atoms with E-state index in [0.717, 1.165) is 12.8 Å². The fraction of sp³-hybridized carbons (Fsp3) is 0.684. The molecule has 0 rings (SSSR count). The van der Waals surface area contributed by atoms with E-state index < -0.39 is 32.0 Å². The summed E-state index contributed by atoms with van der Waals surface area (Å²) in [6.07, 6.45) is -0.334. The Morgan fingerprint density at radius 3 is 2.14 bits per heavy atom. The van der Waals surface area contributed by atoms with Gasteiger partial charge in [-0.1, -0.05) is 26.5 Å². The van der Waals surface area contributed by atoms with Crippen molar-refractivity contribution in [2.75, 3.05) is 34.3 Å². The summed E-state index contributed by atoms with van der Waals surface area (Å²) < 4.78 is 27.1. The van der Waals surface area contributed by atoms with Gasteiger partial charge in [0.05, 0.1) is 27.7 Å². The highest BCUT2D eigenvalue weighted by molar-refractivity contribution is 7.46. The Morgan fingerprint density at radius 2 is 1.69 bits per heavy atom. The fourth-order valence-electron chi connectivity index (χ4n) is 2.44. The molecule has 0 aromatic heterocycles. The first-order chi connectivity index (χ1) is 13.1. The summed E-state index contributed by atoms with van der Waals surface area (Å²) in [6.45, 7) is 11.2. The fourth-order valence-corrected chi connectivity index (χ4v) is 2.98. The lowest BCUT2D eigenvalue weighted by Gasteiger charge is -2.31. The summed E-state index contributed by atoms with van der Waals surface area (Å²) in [7, 11) is 0.714. The van der Waals surface area contributed by atoms with Crippen LogP contribution in [-0.2, 0) is 28.2 Å². The van der Waals surface area contributed by atoms with E-state index in [1.54, 1.807) is 0 Å². The molecule has 0 aliphatic carbocycles. The van der Waals surface area contributed by atoms with E-state index in [1.807, 2.05) is 28.1 Å². The number of nitrogens with zero attached hydrogens (tertiary/aromatic N) is 1. The Balaban J connectivity index is 5.36. The summed E-state index contributed by atoms with van der Waals surface area (Å²) >= 11 is 0. The first kappa shape index (κ1) is 27.5. The molecule has 9 nitrogen and oxygen atoms in total. The lowest BCUT2D eigenvalue weighted by molar-refractivity contribution is -0.873. The van der Waals surface area contributed by atoms with Crippen molar-refractivity contribution < 1.29 is 42.4 Å². The van der Waals surface area contributed by atoms with Gasteiger partial charge in [0.25, 0.3) is 0 Å². The topological polar surface area (TPSA) is 119 Å². The molecule has 0 saturated carbocycles. The van der Waals surface area contributed by atoms with Gasteiger partial charge < -0.3 is 23.7 Å². The number of hydrogen-bond acceptors (Lipinski definition) is 6. The number of phosphoric acid groups is 1. The Hall–Kier alpha value is -1.51. The van der Waals surface area contributed by atoms with Gasteiger partial charge in [-0.2, -0.15) is 0 Å². The van der Waals surface area contributed by atoms with Crippen LogP contribution in [0, 0.1) is 0 Å². The molecule has 0 fully saturated rings. The van der Waals surface area contributed by atoms with Gasteiger partial charge in [-0.05, 0) is 13.3 Å². The summed E-state index contributed by atoms with van der Waals surface area (Å²) in [6, 6.07) is 0. The number of esters is 2. The highest BCUT2D eigenvalue weighted by atomic mass is 31.2. The van der Waals surface area contributed by atoms with Crippen molar-refractivity contribution in [2.45, 2.75) is 51.7 Å². The molecule has 2 atom stereocenters. The Morgan fingerprint density at radius 1 is 1.10 bits per heavy atom. The Labute approximate surface area is 173 Å². The van der Waals surface area contributed by atoms with Crippen LogP contribution in [0.2, 0.25) is 0 Å². The zero-order valence-corrected chi connectivity index (χ0v) is 18.9. The molecule has 0 bridgehead atoms. The van der Waals surface area contributed by atoms with Crippen LogP contribution >= 0.6 is 7.82 Å². The predicted octanol–water partition coefficient (Wildman–Crippen LogP) is 2.34. The molecular formula is C19H35NO8P+. The lowest BCUT2D eigenvalue weighted by Crippen LogP contribution is -2.43. The third kappa shape index (κ3) is 14.2. The van der Waals surface area contributed by atoms with Gasteiger partial charge in [0, 0.05) is 24.0 Å². The maximum atomic E-state index is 12.1. The Bertz CT molecular complexity index is 635. The molecule has 168 valence electrons. The second-order valence-electron chi connectivity index (χ2n) is 8.03. The highest BCUT2D eigenvalue weighted by Crippen LogP contribution is 2.39. The average Bonchev–Trinajstić information content (AvgIpc) is 2.51. The molecule has 0 amide bonds. The van der Waals surface area contributed by atoms with Crippen LogP contribution in [0.1, 0.15) is 39.5 Å². The van der Waals surface area contributed by atoms with Crippen LogP contribution in [-0.4, -0.2) is 72.7 Å². The predicted molar refractivity (Wildman–Crippen MR) is 109 cm³/mol. The van der Waals surface area contributed by atoms with Crippen LogP contribution in [0.4, 0.5) is 0 Å². The van der Waals surface area contributed by atoms with E-state index in [-0.39, 0.29) is 37.1 Å². The zero-order valence-electron chi connectivity index (χ0n) is 18.0. The van der Waals surface area contributed by atoms with Crippen molar-refractivity contribution in [1.29, 1.82) is 0 Å². The lowest BCUT2D eigenvalue weighted by atomic mass is 10.0. The number of rotatable bonds is 14.